The molecule has 3 N–H and O–H groups in total. The fourth-order valence-corrected chi connectivity index (χ4v) is 2.47. The topological polar surface area (TPSA) is 38.0 Å². The van der Waals surface area contributed by atoms with Gasteiger partial charge in [0.25, 0.3) is 0 Å². The standard InChI is InChI=1S/C16H26N2/c1-12(14-5-7-16(17)8-6-14)9-10-18-11-13(2)15-3-4-15/h5-8,12-13,15,18H,3-4,9-11,17H2,1-2H3. The highest BCUT2D eigenvalue weighted by Gasteiger charge is 2.27. The number of rotatable bonds is 7. The first-order valence-corrected chi connectivity index (χ1v) is 7.23. The summed E-state index contributed by atoms with van der Waals surface area (Å²) in [4.78, 5) is 0. The quantitative estimate of drug-likeness (QED) is 0.571. The van der Waals surface area contributed by atoms with E-state index in [1.165, 1.54) is 31.4 Å². The van der Waals surface area contributed by atoms with Crippen LogP contribution in [0.25, 0.3) is 0 Å². The molecule has 0 spiro atoms. The van der Waals surface area contributed by atoms with Gasteiger partial charge in [0.05, 0.1) is 0 Å². The van der Waals surface area contributed by atoms with Crippen molar-refractivity contribution in [2.45, 2.75) is 39.0 Å². The SMILES string of the molecule is CC(CCNCC(C)C1CC1)c1ccc(N)cc1. The molecule has 0 heterocycles. The average Bonchev–Trinajstić information content (AvgIpc) is 3.19. The maximum atomic E-state index is 5.70. The number of nitrogens with two attached hydrogens (primary N) is 1. The first-order chi connectivity index (χ1) is 8.66. The normalized spacial score (nSPS) is 18.6. The van der Waals surface area contributed by atoms with Crippen molar-refractivity contribution in [1.82, 2.24) is 5.32 Å². The molecular weight excluding hydrogens is 220 g/mol. The van der Waals surface area contributed by atoms with E-state index in [0.717, 1.165) is 24.1 Å². The van der Waals surface area contributed by atoms with Crippen LogP contribution < -0.4 is 11.1 Å². The van der Waals surface area contributed by atoms with Crippen molar-refractivity contribution in [2.75, 3.05) is 18.8 Å². The summed E-state index contributed by atoms with van der Waals surface area (Å²) in [5.41, 5.74) is 7.94. The lowest BCUT2D eigenvalue weighted by Gasteiger charge is -2.15. The lowest BCUT2D eigenvalue weighted by Crippen LogP contribution is -2.24. The van der Waals surface area contributed by atoms with Crippen molar-refractivity contribution in [3.8, 4) is 0 Å². The molecule has 2 nitrogen and oxygen atoms in total. The van der Waals surface area contributed by atoms with Gasteiger partial charge >= 0.3 is 0 Å². The highest BCUT2D eigenvalue weighted by atomic mass is 14.9. The van der Waals surface area contributed by atoms with E-state index < -0.39 is 0 Å². The van der Waals surface area contributed by atoms with E-state index in [1.54, 1.807) is 0 Å². The molecule has 1 fully saturated rings. The molecule has 0 bridgehead atoms. The van der Waals surface area contributed by atoms with Crippen LogP contribution in [0.3, 0.4) is 0 Å². The highest BCUT2D eigenvalue weighted by molar-refractivity contribution is 5.40. The summed E-state index contributed by atoms with van der Waals surface area (Å²) in [6, 6.07) is 8.28. The Morgan fingerprint density at radius 3 is 2.50 bits per heavy atom. The van der Waals surface area contributed by atoms with Gasteiger partial charge in [0.15, 0.2) is 0 Å². The number of anilines is 1. The summed E-state index contributed by atoms with van der Waals surface area (Å²) in [6.07, 6.45) is 4.09. The average molecular weight is 246 g/mol. The number of nitrogen functional groups attached to an aromatic ring is 1. The highest BCUT2D eigenvalue weighted by Crippen LogP contribution is 2.36. The molecule has 0 aliphatic heterocycles. The predicted octanol–water partition coefficient (Wildman–Crippen LogP) is 3.40. The van der Waals surface area contributed by atoms with Crippen LogP contribution in [0.15, 0.2) is 24.3 Å². The van der Waals surface area contributed by atoms with Crippen molar-refractivity contribution in [2.24, 2.45) is 11.8 Å². The molecule has 2 unspecified atom stereocenters. The van der Waals surface area contributed by atoms with Crippen molar-refractivity contribution in [1.29, 1.82) is 0 Å². The summed E-state index contributed by atoms with van der Waals surface area (Å²) in [5.74, 6) is 2.47. The van der Waals surface area contributed by atoms with Crippen molar-refractivity contribution >= 4 is 5.69 Å². The number of nitrogens with one attached hydrogen (secondary N) is 1. The molecule has 1 aliphatic rings. The zero-order chi connectivity index (χ0) is 13.0. The summed E-state index contributed by atoms with van der Waals surface area (Å²) in [6.45, 7) is 6.95. The Hall–Kier alpha value is -1.02. The maximum absolute atomic E-state index is 5.70. The molecule has 2 rings (SSSR count). The lowest BCUT2D eigenvalue weighted by atomic mass is 9.97. The first-order valence-electron chi connectivity index (χ1n) is 7.23. The third-order valence-corrected chi connectivity index (χ3v) is 4.15. The maximum Gasteiger partial charge on any atom is 0.0314 e. The lowest BCUT2D eigenvalue weighted by molar-refractivity contribution is 0.453. The molecule has 100 valence electrons. The largest absolute Gasteiger partial charge is 0.399 e. The van der Waals surface area contributed by atoms with E-state index in [0.29, 0.717) is 5.92 Å². The number of benzene rings is 1. The second-order valence-corrected chi connectivity index (χ2v) is 5.88. The van der Waals surface area contributed by atoms with Gasteiger partial charge < -0.3 is 11.1 Å². The second-order valence-electron chi connectivity index (χ2n) is 5.88. The van der Waals surface area contributed by atoms with Gasteiger partial charge in [0, 0.05) is 5.69 Å². The van der Waals surface area contributed by atoms with E-state index >= 15 is 0 Å². The number of hydrogen-bond donors (Lipinski definition) is 2. The van der Waals surface area contributed by atoms with Crippen molar-refractivity contribution in [3.63, 3.8) is 0 Å². The van der Waals surface area contributed by atoms with Crippen LogP contribution in [-0.4, -0.2) is 13.1 Å². The summed E-state index contributed by atoms with van der Waals surface area (Å²) < 4.78 is 0. The van der Waals surface area contributed by atoms with E-state index in [4.69, 9.17) is 5.73 Å². The van der Waals surface area contributed by atoms with Crippen LogP contribution in [-0.2, 0) is 0 Å². The van der Waals surface area contributed by atoms with Crippen LogP contribution in [0.4, 0.5) is 5.69 Å². The van der Waals surface area contributed by atoms with E-state index in [9.17, 15) is 0 Å². The molecule has 2 heteroatoms. The Balaban J connectivity index is 1.64. The Labute approximate surface area is 111 Å². The van der Waals surface area contributed by atoms with Gasteiger partial charge in [0.1, 0.15) is 0 Å². The molecule has 2 atom stereocenters. The molecule has 0 amide bonds. The van der Waals surface area contributed by atoms with E-state index in [1.807, 2.05) is 12.1 Å². The van der Waals surface area contributed by atoms with Crippen LogP contribution in [0.1, 0.15) is 44.6 Å². The van der Waals surface area contributed by atoms with Crippen LogP contribution in [0.2, 0.25) is 0 Å². The first kappa shape index (κ1) is 13.4. The Morgan fingerprint density at radius 1 is 1.22 bits per heavy atom. The molecule has 1 saturated carbocycles. The molecule has 1 aromatic carbocycles. The molecule has 0 saturated heterocycles. The minimum Gasteiger partial charge on any atom is -0.399 e. The van der Waals surface area contributed by atoms with E-state index in [2.05, 4.69) is 31.3 Å². The number of hydrogen-bond acceptors (Lipinski definition) is 2. The van der Waals surface area contributed by atoms with Crippen LogP contribution >= 0.6 is 0 Å². The van der Waals surface area contributed by atoms with Gasteiger partial charge in [-0.3, -0.25) is 0 Å². The molecule has 1 aliphatic carbocycles. The van der Waals surface area contributed by atoms with Crippen molar-refractivity contribution in [3.05, 3.63) is 29.8 Å². The molecular formula is C16H26N2. The zero-order valence-electron chi connectivity index (χ0n) is 11.7. The van der Waals surface area contributed by atoms with Crippen LogP contribution in [0, 0.1) is 11.8 Å². The van der Waals surface area contributed by atoms with Crippen molar-refractivity contribution < 1.29 is 0 Å². The minimum absolute atomic E-state index is 0.606. The van der Waals surface area contributed by atoms with Crippen LogP contribution in [0.5, 0.6) is 0 Å². The molecule has 18 heavy (non-hydrogen) atoms. The summed E-state index contributed by atoms with van der Waals surface area (Å²) in [5, 5.41) is 3.59. The van der Waals surface area contributed by atoms with Gasteiger partial charge in [-0.25, -0.2) is 0 Å². The Bertz CT molecular complexity index is 354. The monoisotopic (exact) mass is 246 g/mol. The van der Waals surface area contributed by atoms with E-state index in [-0.39, 0.29) is 0 Å². The fraction of sp³-hybridized carbons (Fsp3) is 0.625. The second kappa shape index (κ2) is 6.24. The van der Waals surface area contributed by atoms with Gasteiger partial charge in [-0.05, 0) is 67.8 Å². The van der Waals surface area contributed by atoms with Gasteiger partial charge in [-0.2, -0.15) is 0 Å². The summed E-state index contributed by atoms with van der Waals surface area (Å²) in [7, 11) is 0. The molecule has 1 aromatic rings. The Morgan fingerprint density at radius 2 is 1.89 bits per heavy atom. The summed E-state index contributed by atoms with van der Waals surface area (Å²) >= 11 is 0. The fourth-order valence-electron chi connectivity index (χ4n) is 2.47. The smallest absolute Gasteiger partial charge is 0.0314 e. The third kappa shape index (κ3) is 4.02. The van der Waals surface area contributed by atoms with Gasteiger partial charge in [-0.15, -0.1) is 0 Å². The Kier molecular flexibility index (Phi) is 4.65. The van der Waals surface area contributed by atoms with Gasteiger partial charge in [0.2, 0.25) is 0 Å². The molecule has 0 aromatic heterocycles. The molecule has 0 radical (unpaired) electrons. The minimum atomic E-state index is 0.606. The predicted molar refractivity (Wildman–Crippen MR) is 78.6 cm³/mol. The third-order valence-electron chi connectivity index (χ3n) is 4.15. The van der Waals surface area contributed by atoms with Gasteiger partial charge in [-0.1, -0.05) is 26.0 Å². The zero-order valence-corrected chi connectivity index (χ0v) is 11.7.